The van der Waals surface area contributed by atoms with Crippen LogP contribution in [-0.2, 0) is 40.5 Å². The molecular weight excluding hydrogens is 997 g/mol. The fourth-order valence-electron chi connectivity index (χ4n) is 7.39. The quantitative estimate of drug-likeness (QED) is 0.0462. The summed E-state index contributed by atoms with van der Waals surface area (Å²) in [4.78, 5) is -3.28. The highest BCUT2D eigenvalue weighted by molar-refractivity contribution is 7.87. The molecule has 0 aliphatic carbocycles. The summed E-state index contributed by atoms with van der Waals surface area (Å²) in [7, 11) is -17.2. The summed E-state index contributed by atoms with van der Waals surface area (Å²) >= 11 is 0. The van der Waals surface area contributed by atoms with E-state index in [9.17, 15) is 62.1 Å². The number of ether oxygens (including phenoxy) is 2. The molecule has 26 heteroatoms. The van der Waals surface area contributed by atoms with Crippen LogP contribution in [-0.4, -0.2) is 76.3 Å². The van der Waals surface area contributed by atoms with E-state index in [-0.39, 0.29) is 39.3 Å². The second-order valence-electron chi connectivity index (χ2n) is 14.8. The summed E-state index contributed by atoms with van der Waals surface area (Å²) in [6.45, 7) is 0. The molecule has 0 aromatic heterocycles. The number of fused-ring (bicyclic) bond motifs is 3. The van der Waals surface area contributed by atoms with Gasteiger partial charge in [0.05, 0.1) is 25.6 Å². The number of aromatic hydroxyl groups is 2. The Bertz CT molecular complexity index is 4070. The Morgan fingerprint density at radius 2 is 0.729 bits per heavy atom. The van der Waals surface area contributed by atoms with Crippen molar-refractivity contribution in [3.63, 3.8) is 0 Å². The van der Waals surface area contributed by atoms with Crippen LogP contribution in [0.1, 0.15) is 0 Å². The number of phenols is 2. The van der Waals surface area contributed by atoms with Crippen molar-refractivity contribution in [1.82, 2.24) is 0 Å². The van der Waals surface area contributed by atoms with Gasteiger partial charge < -0.3 is 19.7 Å². The highest BCUT2D eigenvalue weighted by Gasteiger charge is 2.28. The van der Waals surface area contributed by atoms with E-state index >= 15 is 0 Å². The van der Waals surface area contributed by atoms with Crippen molar-refractivity contribution < 1.29 is 71.6 Å². The van der Waals surface area contributed by atoms with Gasteiger partial charge in [0.25, 0.3) is 40.5 Å². The van der Waals surface area contributed by atoms with E-state index < -0.39 is 93.7 Å². The first-order valence-corrected chi connectivity index (χ1v) is 25.4. The topological polar surface area (TPSA) is 351 Å². The fourth-order valence-corrected chi connectivity index (χ4v) is 10.1. The van der Waals surface area contributed by atoms with Gasteiger partial charge in [-0.1, -0.05) is 60.7 Å². The minimum absolute atomic E-state index is 0.0103. The highest BCUT2D eigenvalue weighted by atomic mass is 32.2. The van der Waals surface area contributed by atoms with Gasteiger partial charge in [-0.2, -0.15) is 33.7 Å². The standard InChI is InChI=1S/C44H32N6O16S4/c1-65-33-19-23(24-14-16-32(34(20-24)66-2)48-50-42-38(70(62,63)64)22-26-8-6-12-36(68(56,57)58)40(26)44(42)52)13-15-31(33)47-45-29-17-18-30(28-10-4-3-9-27(28)29)46-49-41-37(69(59,60)61)21-25-7-5-11-35(67(53,54)55)39(25)43(41)51/h3-22,51-52H,1-2H3,(H,53,54,55)(H,56,57,58)(H,59,60,61)(H,62,63,64). The SMILES string of the molecule is COc1cc(-c2ccc(N=Nc3ccc(N=Nc4c(S(=O)(=O)O)cc5cccc(S(=O)(=O)O)c5c4O)c4ccccc34)c(OC)c2)ccc1N=Nc1c(S(=O)(=O)O)cc2cccc(S(=O)(=O)O)c2c1O. The summed E-state index contributed by atoms with van der Waals surface area (Å²) < 4.78 is 149. The van der Waals surface area contributed by atoms with E-state index in [1.165, 1.54) is 56.7 Å². The number of methoxy groups -OCH3 is 2. The number of phenolic OH excluding ortho intramolecular Hbond substituents is 2. The van der Waals surface area contributed by atoms with Gasteiger partial charge in [0.2, 0.25) is 0 Å². The second-order valence-corrected chi connectivity index (χ2v) is 20.3. The van der Waals surface area contributed by atoms with Crippen molar-refractivity contribution in [3.05, 3.63) is 121 Å². The van der Waals surface area contributed by atoms with Gasteiger partial charge in [-0.15, -0.1) is 30.7 Å². The number of azo groups is 3. The van der Waals surface area contributed by atoms with E-state index in [2.05, 4.69) is 30.7 Å². The number of rotatable bonds is 13. The van der Waals surface area contributed by atoms with Crippen LogP contribution in [0.25, 0.3) is 43.4 Å². The molecule has 358 valence electrons. The Kier molecular flexibility index (Phi) is 12.7. The van der Waals surface area contributed by atoms with Gasteiger partial charge in [0.15, 0.2) is 11.5 Å². The number of nitrogens with zero attached hydrogens (tertiary/aromatic N) is 6. The lowest BCUT2D eigenvalue weighted by Gasteiger charge is -2.12. The molecule has 8 rings (SSSR count). The maximum absolute atomic E-state index is 12.4. The average molecular weight is 1030 g/mol. The van der Waals surface area contributed by atoms with Crippen LogP contribution in [0, 0.1) is 0 Å². The normalized spacial score (nSPS) is 12.8. The molecule has 6 N–H and O–H groups in total. The predicted octanol–water partition coefficient (Wildman–Crippen LogP) is 10.5. The van der Waals surface area contributed by atoms with Gasteiger partial charge >= 0.3 is 0 Å². The van der Waals surface area contributed by atoms with E-state index in [4.69, 9.17) is 9.47 Å². The van der Waals surface area contributed by atoms with Crippen LogP contribution in [0.2, 0.25) is 0 Å². The predicted molar refractivity (Wildman–Crippen MR) is 252 cm³/mol. The van der Waals surface area contributed by atoms with Crippen molar-refractivity contribution in [2.24, 2.45) is 30.7 Å². The molecule has 0 amide bonds. The smallest absolute Gasteiger partial charge is 0.296 e. The third-order valence-corrected chi connectivity index (χ3v) is 14.1. The number of hydrogen-bond donors (Lipinski definition) is 6. The molecular formula is C44H32N6O16S4. The zero-order chi connectivity index (χ0) is 50.5. The maximum atomic E-state index is 12.4. The molecule has 0 fully saturated rings. The van der Waals surface area contributed by atoms with Crippen LogP contribution >= 0.6 is 0 Å². The maximum Gasteiger partial charge on any atom is 0.296 e. The van der Waals surface area contributed by atoms with Crippen LogP contribution in [0.4, 0.5) is 34.1 Å². The van der Waals surface area contributed by atoms with Crippen LogP contribution in [0.15, 0.2) is 172 Å². The lowest BCUT2D eigenvalue weighted by atomic mass is 10.0. The molecule has 70 heavy (non-hydrogen) atoms. The monoisotopic (exact) mass is 1030 g/mol. The van der Waals surface area contributed by atoms with E-state index in [0.717, 1.165) is 24.3 Å². The Balaban J connectivity index is 1.10. The molecule has 0 aliphatic heterocycles. The van der Waals surface area contributed by atoms with Gasteiger partial charge in [0.1, 0.15) is 53.8 Å². The molecule has 8 aromatic rings. The molecule has 0 unspecified atom stereocenters. The number of benzene rings is 8. The van der Waals surface area contributed by atoms with Crippen molar-refractivity contribution >= 4 is 107 Å². The van der Waals surface area contributed by atoms with Gasteiger partial charge in [-0.3, -0.25) is 18.2 Å². The number of hydrogen-bond acceptors (Lipinski definition) is 18. The van der Waals surface area contributed by atoms with Gasteiger partial charge in [0, 0.05) is 21.5 Å². The largest absolute Gasteiger partial charge is 0.505 e. The highest BCUT2D eigenvalue weighted by Crippen LogP contribution is 2.47. The molecule has 0 bridgehead atoms. The summed E-state index contributed by atoms with van der Waals surface area (Å²) in [5, 5.41) is 46.7. The zero-order valence-electron chi connectivity index (χ0n) is 35.6. The van der Waals surface area contributed by atoms with Gasteiger partial charge in [-0.25, -0.2) is 0 Å². The third-order valence-electron chi connectivity index (χ3n) is 10.5. The lowest BCUT2D eigenvalue weighted by molar-refractivity contribution is 0.415. The van der Waals surface area contributed by atoms with Crippen molar-refractivity contribution in [3.8, 4) is 34.1 Å². The molecule has 0 aliphatic rings. The minimum atomic E-state index is -5.07. The summed E-state index contributed by atoms with van der Waals surface area (Å²) in [6, 6.07) is 27.8. The van der Waals surface area contributed by atoms with Crippen molar-refractivity contribution in [2.45, 2.75) is 19.6 Å². The summed E-state index contributed by atoms with van der Waals surface area (Å²) in [6.07, 6.45) is 0. The van der Waals surface area contributed by atoms with Crippen LogP contribution in [0.5, 0.6) is 23.0 Å². The molecule has 22 nitrogen and oxygen atoms in total. The Hall–Kier alpha value is -7.82. The molecule has 0 saturated heterocycles. The summed E-state index contributed by atoms with van der Waals surface area (Å²) in [5.41, 5.74) is 0.274. The van der Waals surface area contributed by atoms with E-state index in [0.29, 0.717) is 27.6 Å². The second kappa shape index (κ2) is 18.3. The van der Waals surface area contributed by atoms with E-state index in [1.807, 2.05) is 0 Å². The minimum Gasteiger partial charge on any atom is -0.505 e. The van der Waals surface area contributed by atoms with E-state index in [1.54, 1.807) is 54.6 Å². The Labute approximate surface area is 396 Å². The molecule has 8 aromatic carbocycles. The lowest BCUT2D eigenvalue weighted by Crippen LogP contribution is -2.02. The molecule has 0 saturated carbocycles. The van der Waals surface area contributed by atoms with Gasteiger partial charge in [-0.05, 0) is 82.6 Å². The molecule has 0 spiro atoms. The first kappa shape index (κ1) is 48.6. The first-order chi connectivity index (χ1) is 33.0. The molecule has 0 atom stereocenters. The average Bonchev–Trinajstić information content (AvgIpc) is 3.31. The Morgan fingerprint density at radius 1 is 0.386 bits per heavy atom. The zero-order valence-corrected chi connectivity index (χ0v) is 38.9. The van der Waals surface area contributed by atoms with Crippen LogP contribution < -0.4 is 9.47 Å². The first-order valence-electron chi connectivity index (χ1n) is 19.6. The Morgan fingerprint density at radius 3 is 1.10 bits per heavy atom. The van der Waals surface area contributed by atoms with Crippen LogP contribution in [0.3, 0.4) is 0 Å². The molecule has 0 heterocycles. The van der Waals surface area contributed by atoms with Crippen molar-refractivity contribution in [2.75, 3.05) is 14.2 Å². The molecule has 0 radical (unpaired) electrons. The fraction of sp³-hybridized carbons (Fsp3) is 0.0455. The third kappa shape index (κ3) is 9.47. The van der Waals surface area contributed by atoms with Crippen molar-refractivity contribution in [1.29, 1.82) is 0 Å². The summed E-state index contributed by atoms with van der Waals surface area (Å²) in [5.74, 6) is -1.62.